The Morgan fingerprint density at radius 1 is 1.35 bits per heavy atom. The minimum absolute atomic E-state index is 0.239. The Morgan fingerprint density at radius 2 is 2.00 bits per heavy atom. The minimum Gasteiger partial charge on any atom is -0.392 e. The van der Waals surface area contributed by atoms with E-state index in [-0.39, 0.29) is 11.9 Å². The fourth-order valence-corrected chi connectivity index (χ4v) is 1.88. The van der Waals surface area contributed by atoms with Crippen molar-refractivity contribution in [3.8, 4) is 0 Å². The predicted molar refractivity (Wildman–Crippen MR) is 68.6 cm³/mol. The van der Waals surface area contributed by atoms with Gasteiger partial charge in [-0.3, -0.25) is 4.90 Å². The predicted octanol–water partition coefficient (Wildman–Crippen LogP) is 3.07. The summed E-state index contributed by atoms with van der Waals surface area (Å²) in [7, 11) is 0. The highest BCUT2D eigenvalue weighted by atomic mass is 35.5. The highest BCUT2D eigenvalue weighted by Gasteiger charge is 2.14. The van der Waals surface area contributed by atoms with Gasteiger partial charge >= 0.3 is 0 Å². The van der Waals surface area contributed by atoms with Gasteiger partial charge in [-0.2, -0.15) is 0 Å². The quantitative estimate of drug-likeness (QED) is 0.879. The van der Waals surface area contributed by atoms with Crippen molar-refractivity contribution in [3.63, 3.8) is 0 Å². The molecule has 1 unspecified atom stereocenters. The maximum absolute atomic E-state index is 13.6. The molecule has 96 valence electrons. The molecular weight excluding hydrogens is 241 g/mol. The maximum atomic E-state index is 13.6. The SMILES string of the molecule is CC(O)CN(Cc1cc(Cl)ccc1F)C(C)C. The molecule has 0 bridgehead atoms. The number of aliphatic hydroxyl groups excluding tert-OH is 1. The van der Waals surface area contributed by atoms with Crippen molar-refractivity contribution in [3.05, 3.63) is 34.6 Å². The van der Waals surface area contributed by atoms with Crippen LogP contribution in [0.25, 0.3) is 0 Å². The lowest BCUT2D eigenvalue weighted by Crippen LogP contribution is -2.36. The lowest BCUT2D eigenvalue weighted by molar-refractivity contribution is 0.102. The molecule has 0 aliphatic heterocycles. The van der Waals surface area contributed by atoms with Gasteiger partial charge in [0, 0.05) is 29.7 Å². The molecule has 0 aromatic heterocycles. The van der Waals surface area contributed by atoms with Crippen LogP contribution in [0.15, 0.2) is 18.2 Å². The third-order valence-corrected chi connectivity index (χ3v) is 2.85. The molecule has 0 amide bonds. The Balaban J connectivity index is 2.81. The number of hydrogen-bond donors (Lipinski definition) is 1. The van der Waals surface area contributed by atoms with Crippen LogP contribution in [-0.4, -0.2) is 28.7 Å². The van der Waals surface area contributed by atoms with Gasteiger partial charge in [0.2, 0.25) is 0 Å². The van der Waals surface area contributed by atoms with E-state index in [0.29, 0.717) is 23.7 Å². The third-order valence-electron chi connectivity index (χ3n) is 2.61. The van der Waals surface area contributed by atoms with E-state index < -0.39 is 6.10 Å². The van der Waals surface area contributed by atoms with E-state index in [0.717, 1.165) is 0 Å². The Morgan fingerprint density at radius 3 is 2.53 bits per heavy atom. The average molecular weight is 260 g/mol. The molecule has 0 fully saturated rings. The van der Waals surface area contributed by atoms with E-state index in [1.165, 1.54) is 12.1 Å². The molecule has 0 aliphatic rings. The molecule has 0 spiro atoms. The number of benzene rings is 1. The van der Waals surface area contributed by atoms with E-state index >= 15 is 0 Å². The first kappa shape index (κ1) is 14.4. The summed E-state index contributed by atoms with van der Waals surface area (Å²) in [6.45, 7) is 6.73. The van der Waals surface area contributed by atoms with Crippen molar-refractivity contribution in [2.45, 2.75) is 39.5 Å². The first-order chi connectivity index (χ1) is 7.90. The fraction of sp³-hybridized carbons (Fsp3) is 0.538. The van der Waals surface area contributed by atoms with Gasteiger partial charge < -0.3 is 5.11 Å². The van der Waals surface area contributed by atoms with Crippen molar-refractivity contribution in [1.29, 1.82) is 0 Å². The van der Waals surface area contributed by atoms with Crippen LogP contribution < -0.4 is 0 Å². The van der Waals surface area contributed by atoms with Gasteiger partial charge in [-0.25, -0.2) is 4.39 Å². The van der Waals surface area contributed by atoms with Crippen LogP contribution in [0.1, 0.15) is 26.3 Å². The van der Waals surface area contributed by atoms with Gasteiger partial charge in [-0.05, 0) is 39.0 Å². The normalized spacial score (nSPS) is 13.4. The summed E-state index contributed by atoms with van der Waals surface area (Å²) in [5, 5.41) is 9.94. The molecule has 1 rings (SSSR count). The third kappa shape index (κ3) is 4.62. The summed E-state index contributed by atoms with van der Waals surface area (Å²) < 4.78 is 13.6. The van der Waals surface area contributed by atoms with E-state index in [9.17, 15) is 9.50 Å². The highest BCUT2D eigenvalue weighted by Crippen LogP contribution is 2.17. The molecule has 2 nitrogen and oxygen atoms in total. The second kappa shape index (κ2) is 6.34. The number of nitrogens with zero attached hydrogens (tertiary/aromatic N) is 1. The highest BCUT2D eigenvalue weighted by molar-refractivity contribution is 6.30. The zero-order valence-corrected chi connectivity index (χ0v) is 11.2. The molecule has 1 atom stereocenters. The lowest BCUT2D eigenvalue weighted by atomic mass is 10.1. The fourth-order valence-electron chi connectivity index (χ4n) is 1.68. The topological polar surface area (TPSA) is 23.5 Å². The molecule has 0 radical (unpaired) electrons. The zero-order chi connectivity index (χ0) is 13.0. The van der Waals surface area contributed by atoms with Crippen molar-refractivity contribution in [2.24, 2.45) is 0 Å². The van der Waals surface area contributed by atoms with Gasteiger partial charge in [-0.15, -0.1) is 0 Å². The Hall–Kier alpha value is -0.640. The van der Waals surface area contributed by atoms with Crippen LogP contribution in [-0.2, 0) is 6.54 Å². The lowest BCUT2D eigenvalue weighted by Gasteiger charge is -2.27. The van der Waals surface area contributed by atoms with Gasteiger partial charge in [0.15, 0.2) is 0 Å². The van der Waals surface area contributed by atoms with E-state index in [1.807, 2.05) is 18.7 Å². The smallest absolute Gasteiger partial charge is 0.127 e. The van der Waals surface area contributed by atoms with Gasteiger partial charge in [0.05, 0.1) is 6.10 Å². The van der Waals surface area contributed by atoms with Crippen LogP contribution in [0.5, 0.6) is 0 Å². The van der Waals surface area contributed by atoms with E-state index in [1.54, 1.807) is 13.0 Å². The van der Waals surface area contributed by atoms with Crippen LogP contribution in [0, 0.1) is 5.82 Å². The Kier molecular flexibility index (Phi) is 5.37. The largest absolute Gasteiger partial charge is 0.392 e. The number of halogens is 2. The maximum Gasteiger partial charge on any atom is 0.127 e. The summed E-state index contributed by atoms with van der Waals surface area (Å²) in [5.74, 6) is -0.259. The Labute approximate surface area is 107 Å². The molecule has 0 saturated carbocycles. The second-order valence-corrected chi connectivity index (χ2v) is 5.04. The minimum atomic E-state index is -0.431. The first-order valence-corrected chi connectivity index (χ1v) is 6.14. The van der Waals surface area contributed by atoms with Crippen molar-refractivity contribution < 1.29 is 9.50 Å². The van der Waals surface area contributed by atoms with Crippen molar-refractivity contribution in [2.75, 3.05) is 6.54 Å². The standard InChI is InChI=1S/C13H19ClFNO/c1-9(2)16(7-10(3)17)8-11-6-12(14)4-5-13(11)15/h4-6,9-10,17H,7-8H2,1-3H3. The van der Waals surface area contributed by atoms with Crippen molar-refractivity contribution >= 4 is 11.6 Å². The van der Waals surface area contributed by atoms with E-state index in [2.05, 4.69) is 0 Å². The molecule has 17 heavy (non-hydrogen) atoms. The molecule has 1 aromatic carbocycles. The number of hydrogen-bond acceptors (Lipinski definition) is 2. The average Bonchev–Trinajstić information content (AvgIpc) is 2.21. The number of rotatable bonds is 5. The monoisotopic (exact) mass is 259 g/mol. The van der Waals surface area contributed by atoms with Crippen LogP contribution in [0.4, 0.5) is 4.39 Å². The van der Waals surface area contributed by atoms with Crippen molar-refractivity contribution in [1.82, 2.24) is 4.90 Å². The Bertz CT molecular complexity index is 368. The van der Waals surface area contributed by atoms with E-state index in [4.69, 9.17) is 11.6 Å². The van der Waals surface area contributed by atoms with Crippen LogP contribution >= 0.6 is 11.6 Å². The molecule has 1 N–H and O–H groups in total. The first-order valence-electron chi connectivity index (χ1n) is 5.76. The molecule has 4 heteroatoms. The molecule has 0 saturated heterocycles. The summed E-state index contributed by atoms with van der Waals surface area (Å²) in [6.07, 6.45) is -0.431. The van der Waals surface area contributed by atoms with Gasteiger partial charge in [-0.1, -0.05) is 11.6 Å². The zero-order valence-electron chi connectivity index (χ0n) is 10.5. The van der Waals surface area contributed by atoms with Crippen LogP contribution in [0.2, 0.25) is 5.02 Å². The molecule has 0 aliphatic carbocycles. The number of aliphatic hydroxyl groups is 1. The summed E-state index contributed by atoms with van der Waals surface area (Å²) in [6, 6.07) is 4.78. The van der Waals surface area contributed by atoms with Gasteiger partial charge in [0.1, 0.15) is 5.82 Å². The summed E-state index contributed by atoms with van der Waals surface area (Å²) >= 11 is 5.85. The summed E-state index contributed by atoms with van der Waals surface area (Å²) in [5.41, 5.74) is 0.562. The van der Waals surface area contributed by atoms with Crippen LogP contribution in [0.3, 0.4) is 0 Å². The molecular formula is C13H19ClFNO. The summed E-state index contributed by atoms with van der Waals surface area (Å²) in [4.78, 5) is 2.01. The molecule has 1 aromatic rings. The molecule has 0 heterocycles. The van der Waals surface area contributed by atoms with Gasteiger partial charge in [0.25, 0.3) is 0 Å². The second-order valence-electron chi connectivity index (χ2n) is 4.61.